The van der Waals surface area contributed by atoms with Crippen LogP contribution in [0.25, 0.3) is 0 Å². The van der Waals surface area contributed by atoms with E-state index < -0.39 is 17.6 Å². The summed E-state index contributed by atoms with van der Waals surface area (Å²) in [5.41, 5.74) is -0.586. The van der Waals surface area contributed by atoms with E-state index in [-0.39, 0.29) is 16.9 Å². The average Bonchev–Trinajstić information content (AvgIpc) is 2.47. The molecule has 0 fully saturated rings. The van der Waals surface area contributed by atoms with Gasteiger partial charge in [-0.2, -0.15) is 18.4 Å². The fraction of sp³-hybridized carbons (Fsp3) is 0.0714. The second-order valence-electron chi connectivity index (χ2n) is 4.04. The molecule has 0 bridgehead atoms. The first-order valence-corrected chi connectivity index (χ1v) is 5.75. The quantitative estimate of drug-likeness (QED) is 0.923. The number of benzene rings is 1. The lowest BCUT2D eigenvalue weighted by atomic mass is 10.2. The fourth-order valence-corrected chi connectivity index (χ4v) is 1.57. The van der Waals surface area contributed by atoms with E-state index in [0.717, 1.165) is 12.1 Å². The minimum absolute atomic E-state index is 0.171. The molecular formula is C14H8F3N3O. The summed E-state index contributed by atoms with van der Waals surface area (Å²) >= 11 is 0. The van der Waals surface area contributed by atoms with Gasteiger partial charge in [0.15, 0.2) is 0 Å². The number of para-hydroxylation sites is 1. The van der Waals surface area contributed by atoms with Gasteiger partial charge in [0, 0.05) is 6.20 Å². The molecule has 0 radical (unpaired) electrons. The van der Waals surface area contributed by atoms with Gasteiger partial charge >= 0.3 is 6.18 Å². The third kappa shape index (κ3) is 3.36. The predicted molar refractivity (Wildman–Crippen MR) is 68.3 cm³/mol. The van der Waals surface area contributed by atoms with Crippen molar-refractivity contribution >= 4 is 11.6 Å². The first-order chi connectivity index (χ1) is 9.91. The smallest absolute Gasteiger partial charge is 0.319 e. The Balaban J connectivity index is 2.20. The SMILES string of the molecule is N#Cc1ccccc1NC(=O)c1ccc(C(F)(F)F)cn1. The number of nitrogens with one attached hydrogen (secondary N) is 1. The van der Waals surface area contributed by atoms with Crippen molar-refractivity contribution in [1.29, 1.82) is 5.26 Å². The van der Waals surface area contributed by atoms with Crippen LogP contribution in [-0.4, -0.2) is 10.9 Å². The van der Waals surface area contributed by atoms with Crippen LogP contribution in [0, 0.1) is 11.3 Å². The van der Waals surface area contributed by atoms with Crippen molar-refractivity contribution in [1.82, 2.24) is 4.98 Å². The summed E-state index contributed by atoms with van der Waals surface area (Å²) in [6.45, 7) is 0. The lowest BCUT2D eigenvalue weighted by Crippen LogP contribution is -2.15. The minimum atomic E-state index is -4.50. The first-order valence-electron chi connectivity index (χ1n) is 5.75. The number of hydrogen-bond acceptors (Lipinski definition) is 3. The molecule has 0 spiro atoms. The Morgan fingerprint density at radius 2 is 1.90 bits per heavy atom. The van der Waals surface area contributed by atoms with Crippen LogP contribution in [-0.2, 0) is 6.18 Å². The van der Waals surface area contributed by atoms with E-state index in [1.54, 1.807) is 12.1 Å². The summed E-state index contributed by atoms with van der Waals surface area (Å²) in [5, 5.41) is 11.3. The lowest BCUT2D eigenvalue weighted by Gasteiger charge is -2.08. The zero-order valence-corrected chi connectivity index (χ0v) is 10.5. The maximum Gasteiger partial charge on any atom is 0.417 e. The Bertz CT molecular complexity index is 703. The molecule has 2 rings (SSSR count). The van der Waals surface area contributed by atoms with Crippen molar-refractivity contribution in [2.75, 3.05) is 5.32 Å². The Kier molecular flexibility index (Phi) is 3.89. The maximum atomic E-state index is 12.4. The highest BCUT2D eigenvalue weighted by Gasteiger charge is 2.30. The molecule has 4 nitrogen and oxygen atoms in total. The minimum Gasteiger partial charge on any atom is -0.319 e. The molecule has 0 unspecified atom stereocenters. The average molecular weight is 291 g/mol. The lowest BCUT2D eigenvalue weighted by molar-refractivity contribution is -0.137. The summed E-state index contributed by atoms with van der Waals surface area (Å²) in [4.78, 5) is 15.4. The standard InChI is InChI=1S/C14H8F3N3O/c15-14(16,17)10-5-6-12(19-8-10)13(21)20-11-4-2-1-3-9(11)7-18/h1-6,8H,(H,20,21). The van der Waals surface area contributed by atoms with E-state index >= 15 is 0 Å². The molecule has 7 heteroatoms. The Morgan fingerprint density at radius 1 is 1.19 bits per heavy atom. The number of nitriles is 1. The van der Waals surface area contributed by atoms with Gasteiger partial charge in [0.1, 0.15) is 11.8 Å². The zero-order chi connectivity index (χ0) is 15.5. The molecule has 21 heavy (non-hydrogen) atoms. The third-order valence-corrected chi connectivity index (χ3v) is 2.62. The Hall–Kier alpha value is -2.88. The van der Waals surface area contributed by atoms with E-state index in [1.807, 2.05) is 6.07 Å². The number of rotatable bonds is 2. The van der Waals surface area contributed by atoms with Crippen molar-refractivity contribution in [3.05, 3.63) is 59.4 Å². The van der Waals surface area contributed by atoms with Crippen molar-refractivity contribution in [2.45, 2.75) is 6.18 Å². The molecular weight excluding hydrogens is 283 g/mol. The molecule has 2 aromatic rings. The van der Waals surface area contributed by atoms with Crippen molar-refractivity contribution in [2.24, 2.45) is 0 Å². The van der Waals surface area contributed by atoms with Gasteiger partial charge in [-0.1, -0.05) is 12.1 Å². The maximum absolute atomic E-state index is 12.4. The predicted octanol–water partition coefficient (Wildman–Crippen LogP) is 3.22. The van der Waals surface area contributed by atoms with Crippen LogP contribution in [0.5, 0.6) is 0 Å². The van der Waals surface area contributed by atoms with E-state index in [2.05, 4.69) is 10.3 Å². The number of pyridine rings is 1. The zero-order valence-electron chi connectivity index (χ0n) is 10.5. The van der Waals surface area contributed by atoms with Crippen LogP contribution in [0.4, 0.5) is 18.9 Å². The second-order valence-corrected chi connectivity index (χ2v) is 4.04. The van der Waals surface area contributed by atoms with E-state index in [1.165, 1.54) is 12.1 Å². The topological polar surface area (TPSA) is 65.8 Å². The van der Waals surface area contributed by atoms with Gasteiger partial charge in [0.2, 0.25) is 0 Å². The molecule has 0 aliphatic heterocycles. The number of halogens is 3. The molecule has 106 valence electrons. The van der Waals surface area contributed by atoms with Gasteiger partial charge in [0.25, 0.3) is 5.91 Å². The number of alkyl halides is 3. The summed E-state index contributed by atoms with van der Waals surface area (Å²) in [5.74, 6) is -0.688. The van der Waals surface area contributed by atoms with Crippen molar-refractivity contribution in [3.8, 4) is 6.07 Å². The molecule has 0 aliphatic rings. The van der Waals surface area contributed by atoms with Crippen LogP contribution in [0.15, 0.2) is 42.6 Å². The van der Waals surface area contributed by atoms with Gasteiger partial charge in [0.05, 0.1) is 16.8 Å². The highest BCUT2D eigenvalue weighted by molar-refractivity contribution is 6.03. The number of carbonyl (C=O) groups excluding carboxylic acids is 1. The number of amides is 1. The Morgan fingerprint density at radius 3 is 2.48 bits per heavy atom. The second kappa shape index (κ2) is 5.63. The van der Waals surface area contributed by atoms with Crippen LogP contribution in [0.2, 0.25) is 0 Å². The monoisotopic (exact) mass is 291 g/mol. The first kappa shape index (κ1) is 14.5. The summed E-state index contributed by atoms with van der Waals surface area (Å²) < 4.78 is 37.2. The normalized spacial score (nSPS) is 10.8. The third-order valence-electron chi connectivity index (χ3n) is 2.62. The molecule has 0 atom stereocenters. The van der Waals surface area contributed by atoms with Gasteiger partial charge in [-0.15, -0.1) is 0 Å². The number of nitrogens with zero attached hydrogens (tertiary/aromatic N) is 2. The highest BCUT2D eigenvalue weighted by atomic mass is 19.4. The van der Waals surface area contributed by atoms with Gasteiger partial charge in [-0.3, -0.25) is 9.78 Å². The van der Waals surface area contributed by atoms with Gasteiger partial charge in [-0.05, 0) is 24.3 Å². The molecule has 1 aromatic heterocycles. The molecule has 1 amide bonds. The summed E-state index contributed by atoms with van der Waals surface area (Å²) in [7, 11) is 0. The molecule has 0 saturated carbocycles. The van der Waals surface area contributed by atoms with Crippen molar-refractivity contribution in [3.63, 3.8) is 0 Å². The Labute approximate surface area is 117 Å². The van der Waals surface area contributed by atoms with Gasteiger partial charge < -0.3 is 5.32 Å². The van der Waals surface area contributed by atoms with Crippen LogP contribution in [0.1, 0.15) is 21.6 Å². The fourth-order valence-electron chi connectivity index (χ4n) is 1.57. The molecule has 0 aliphatic carbocycles. The highest BCUT2D eigenvalue weighted by Crippen LogP contribution is 2.28. The number of aromatic nitrogens is 1. The van der Waals surface area contributed by atoms with Crippen LogP contribution < -0.4 is 5.32 Å². The summed E-state index contributed by atoms with van der Waals surface area (Å²) in [6.07, 6.45) is -3.92. The van der Waals surface area contributed by atoms with Crippen molar-refractivity contribution < 1.29 is 18.0 Å². The van der Waals surface area contributed by atoms with Crippen LogP contribution >= 0.6 is 0 Å². The number of carbonyl (C=O) groups is 1. The molecule has 1 heterocycles. The summed E-state index contributed by atoms with van der Waals surface area (Å²) in [6, 6.07) is 9.93. The number of anilines is 1. The molecule has 1 aromatic carbocycles. The van der Waals surface area contributed by atoms with Gasteiger partial charge in [-0.25, -0.2) is 0 Å². The van der Waals surface area contributed by atoms with Crippen LogP contribution in [0.3, 0.4) is 0 Å². The van der Waals surface area contributed by atoms with E-state index in [9.17, 15) is 18.0 Å². The molecule has 1 N–H and O–H groups in total. The molecule has 0 saturated heterocycles. The number of hydrogen-bond donors (Lipinski definition) is 1. The van der Waals surface area contributed by atoms with E-state index in [0.29, 0.717) is 6.20 Å². The van der Waals surface area contributed by atoms with E-state index in [4.69, 9.17) is 5.26 Å². The largest absolute Gasteiger partial charge is 0.417 e.